The minimum absolute atomic E-state index is 0. The summed E-state index contributed by atoms with van der Waals surface area (Å²) in [5, 5.41) is 10.8. The highest BCUT2D eigenvalue weighted by molar-refractivity contribution is 6.35. The number of H-pyrrole nitrogens is 1. The lowest BCUT2D eigenvalue weighted by molar-refractivity contribution is 0.0697. The lowest BCUT2D eigenvalue weighted by atomic mass is 9.87. The zero-order chi connectivity index (χ0) is 16.1. The number of carboxylic acid groups (broad SMARTS) is 1. The Morgan fingerprint density at radius 2 is 1.92 bits per heavy atom. The summed E-state index contributed by atoms with van der Waals surface area (Å²) in [6.07, 6.45) is 1.77. The van der Waals surface area contributed by atoms with E-state index in [9.17, 15) is 4.79 Å². The first-order valence-electron chi connectivity index (χ1n) is 7.48. The van der Waals surface area contributed by atoms with Crippen molar-refractivity contribution in [3.05, 3.63) is 58.1 Å². The largest absolute Gasteiger partial charge is 0.478 e. The van der Waals surface area contributed by atoms with E-state index in [1.807, 2.05) is 24.3 Å². The molecule has 4 N–H and O–H groups in total. The third-order valence-electron chi connectivity index (χ3n) is 4.57. The molecular weight excluding hydrogens is 347 g/mol. The number of nitrogens with one attached hydrogen (secondary N) is 1. The molecule has 0 saturated carbocycles. The van der Waals surface area contributed by atoms with E-state index in [1.54, 1.807) is 12.1 Å². The predicted octanol–water partition coefficient (Wildman–Crippen LogP) is 4.55. The van der Waals surface area contributed by atoms with Gasteiger partial charge in [0.05, 0.1) is 16.1 Å². The van der Waals surface area contributed by atoms with Gasteiger partial charge in [0.1, 0.15) is 0 Å². The molecule has 2 aromatic carbocycles. The summed E-state index contributed by atoms with van der Waals surface area (Å²) in [5.74, 6) is -0.925. The number of aromatic carboxylic acids is 1. The van der Waals surface area contributed by atoms with Crippen molar-refractivity contribution < 1.29 is 9.90 Å². The van der Waals surface area contributed by atoms with Gasteiger partial charge in [-0.1, -0.05) is 29.8 Å². The van der Waals surface area contributed by atoms with Crippen molar-refractivity contribution in [2.24, 2.45) is 5.73 Å². The molecule has 4 rings (SSSR count). The Morgan fingerprint density at radius 3 is 2.58 bits per heavy atom. The lowest BCUT2D eigenvalue weighted by Gasteiger charge is -2.20. The molecule has 0 saturated heterocycles. The average molecular weight is 363 g/mol. The van der Waals surface area contributed by atoms with Crippen LogP contribution in [0.25, 0.3) is 22.2 Å². The molecule has 24 heavy (non-hydrogen) atoms. The van der Waals surface area contributed by atoms with Crippen LogP contribution in [0.4, 0.5) is 0 Å². The van der Waals surface area contributed by atoms with Gasteiger partial charge in [-0.25, -0.2) is 4.79 Å². The summed E-state index contributed by atoms with van der Waals surface area (Å²) in [4.78, 5) is 14.4. The number of aryl methyl sites for hydroxylation is 1. The maximum Gasteiger partial charge on any atom is 0.335 e. The molecule has 4 nitrogen and oxygen atoms in total. The molecule has 1 aromatic heterocycles. The SMILES string of the molecule is Cl.NC1CCc2c(-c3ccc(C(=O)O)cc3)[nH]c3c(Cl)ccc1c23. The van der Waals surface area contributed by atoms with Crippen LogP contribution in [0.3, 0.4) is 0 Å². The Kier molecular flexibility index (Phi) is 4.30. The van der Waals surface area contributed by atoms with E-state index in [-0.39, 0.29) is 24.0 Å². The second-order valence-corrected chi connectivity index (χ2v) is 6.30. The quantitative estimate of drug-likeness (QED) is 0.625. The van der Waals surface area contributed by atoms with Gasteiger partial charge in [-0.2, -0.15) is 0 Å². The molecule has 1 aliphatic carbocycles. The molecule has 0 fully saturated rings. The standard InChI is InChI=1S/C18H15ClN2O2.ClH/c19-13-7-5-11-14(20)8-6-12-15(11)17(13)21-16(12)9-1-3-10(4-2-9)18(22)23;/h1-5,7,14,21H,6,8,20H2,(H,22,23);1H. The number of benzene rings is 2. The first kappa shape index (κ1) is 16.8. The molecule has 3 aromatic rings. The van der Waals surface area contributed by atoms with Crippen LogP contribution in [0.1, 0.15) is 33.9 Å². The molecule has 0 amide bonds. The van der Waals surface area contributed by atoms with Crippen molar-refractivity contribution >= 4 is 40.9 Å². The molecule has 0 radical (unpaired) electrons. The van der Waals surface area contributed by atoms with E-state index in [1.165, 1.54) is 5.56 Å². The smallest absolute Gasteiger partial charge is 0.335 e. The average Bonchev–Trinajstić information content (AvgIpc) is 2.94. The lowest BCUT2D eigenvalue weighted by Crippen LogP contribution is -2.15. The number of hydrogen-bond donors (Lipinski definition) is 3. The Hall–Kier alpha value is -2.01. The second kappa shape index (κ2) is 6.13. The second-order valence-electron chi connectivity index (χ2n) is 5.89. The summed E-state index contributed by atoms with van der Waals surface area (Å²) in [5.41, 5.74) is 11.7. The Morgan fingerprint density at radius 1 is 1.21 bits per heavy atom. The summed E-state index contributed by atoms with van der Waals surface area (Å²) >= 11 is 6.35. The Labute approximate surface area is 150 Å². The monoisotopic (exact) mass is 362 g/mol. The Balaban J connectivity index is 0.00000169. The zero-order valence-corrected chi connectivity index (χ0v) is 14.2. The number of nitrogens with two attached hydrogens (primary N) is 1. The fraction of sp³-hybridized carbons (Fsp3) is 0.167. The van der Waals surface area contributed by atoms with Crippen LogP contribution in [0, 0.1) is 0 Å². The maximum atomic E-state index is 11.0. The topological polar surface area (TPSA) is 79.1 Å². The number of rotatable bonds is 2. The Bertz CT molecular complexity index is 932. The highest BCUT2D eigenvalue weighted by atomic mass is 35.5. The molecule has 6 heteroatoms. The van der Waals surface area contributed by atoms with Gasteiger partial charge in [-0.15, -0.1) is 12.4 Å². The van der Waals surface area contributed by atoms with E-state index < -0.39 is 5.97 Å². The fourth-order valence-corrected chi connectivity index (χ4v) is 3.61. The molecule has 1 heterocycles. The van der Waals surface area contributed by atoms with E-state index >= 15 is 0 Å². The van der Waals surface area contributed by atoms with E-state index in [0.717, 1.165) is 40.6 Å². The molecule has 0 spiro atoms. The van der Waals surface area contributed by atoms with Gasteiger partial charge in [0.2, 0.25) is 0 Å². The van der Waals surface area contributed by atoms with Gasteiger partial charge in [-0.3, -0.25) is 0 Å². The van der Waals surface area contributed by atoms with Crippen molar-refractivity contribution in [1.82, 2.24) is 4.98 Å². The van der Waals surface area contributed by atoms with Crippen molar-refractivity contribution in [3.63, 3.8) is 0 Å². The molecule has 124 valence electrons. The number of aromatic nitrogens is 1. The minimum Gasteiger partial charge on any atom is -0.478 e. The normalized spacial score (nSPS) is 16.0. The minimum atomic E-state index is -0.925. The molecule has 1 unspecified atom stereocenters. The third kappa shape index (κ3) is 2.47. The predicted molar refractivity (Wildman–Crippen MR) is 98.2 cm³/mol. The highest BCUT2D eigenvalue weighted by Gasteiger charge is 2.25. The van der Waals surface area contributed by atoms with Gasteiger partial charge in [0, 0.05) is 17.1 Å². The first-order chi connectivity index (χ1) is 11.1. The number of carbonyl (C=O) groups is 1. The van der Waals surface area contributed by atoms with Crippen LogP contribution < -0.4 is 5.73 Å². The third-order valence-corrected chi connectivity index (χ3v) is 4.88. The number of carboxylic acids is 1. The summed E-state index contributed by atoms with van der Waals surface area (Å²) in [6.45, 7) is 0. The van der Waals surface area contributed by atoms with E-state index in [2.05, 4.69) is 4.98 Å². The molecular formula is C18H16Cl2N2O2. The number of halogens is 2. The van der Waals surface area contributed by atoms with Gasteiger partial charge in [0.25, 0.3) is 0 Å². The zero-order valence-electron chi connectivity index (χ0n) is 12.7. The maximum absolute atomic E-state index is 11.0. The van der Waals surface area contributed by atoms with Crippen molar-refractivity contribution in [1.29, 1.82) is 0 Å². The van der Waals surface area contributed by atoms with Gasteiger partial charge < -0.3 is 15.8 Å². The summed E-state index contributed by atoms with van der Waals surface area (Å²) < 4.78 is 0. The van der Waals surface area contributed by atoms with Gasteiger partial charge in [0.15, 0.2) is 0 Å². The van der Waals surface area contributed by atoms with Crippen molar-refractivity contribution in [2.75, 3.05) is 0 Å². The fourth-order valence-electron chi connectivity index (χ4n) is 3.41. The van der Waals surface area contributed by atoms with Crippen LogP contribution >= 0.6 is 24.0 Å². The molecule has 0 aliphatic heterocycles. The van der Waals surface area contributed by atoms with Crippen LogP contribution in [-0.4, -0.2) is 16.1 Å². The van der Waals surface area contributed by atoms with Gasteiger partial charge >= 0.3 is 5.97 Å². The van der Waals surface area contributed by atoms with Crippen LogP contribution in [0.2, 0.25) is 5.02 Å². The first-order valence-corrected chi connectivity index (χ1v) is 7.86. The molecule has 0 bridgehead atoms. The van der Waals surface area contributed by atoms with E-state index in [0.29, 0.717) is 5.02 Å². The van der Waals surface area contributed by atoms with Crippen LogP contribution in [-0.2, 0) is 6.42 Å². The van der Waals surface area contributed by atoms with Crippen molar-refractivity contribution in [3.8, 4) is 11.3 Å². The van der Waals surface area contributed by atoms with Crippen LogP contribution in [0.5, 0.6) is 0 Å². The van der Waals surface area contributed by atoms with Crippen LogP contribution in [0.15, 0.2) is 36.4 Å². The highest BCUT2D eigenvalue weighted by Crippen LogP contribution is 2.42. The van der Waals surface area contributed by atoms with Crippen molar-refractivity contribution in [2.45, 2.75) is 18.9 Å². The molecule has 1 aliphatic rings. The number of hydrogen-bond acceptors (Lipinski definition) is 2. The summed E-state index contributed by atoms with van der Waals surface area (Å²) in [7, 11) is 0. The van der Waals surface area contributed by atoms with E-state index in [4.69, 9.17) is 22.4 Å². The van der Waals surface area contributed by atoms with Gasteiger partial charge in [-0.05, 0) is 47.7 Å². The molecule has 1 atom stereocenters. The number of aromatic amines is 1. The summed E-state index contributed by atoms with van der Waals surface area (Å²) in [6, 6.07) is 10.8.